The molecule has 0 aliphatic heterocycles. The Labute approximate surface area is 180 Å². The highest BCUT2D eigenvalue weighted by molar-refractivity contribution is 6.30. The summed E-state index contributed by atoms with van der Waals surface area (Å²) in [5.74, 6) is -1.20. The van der Waals surface area contributed by atoms with Crippen LogP contribution in [0.2, 0.25) is 5.02 Å². The fourth-order valence-corrected chi connectivity index (χ4v) is 3.11. The molecule has 4 rings (SSSR count). The second kappa shape index (κ2) is 8.65. The third kappa shape index (κ3) is 4.61. The van der Waals surface area contributed by atoms with Crippen molar-refractivity contribution >= 4 is 17.5 Å². The molecule has 2 heterocycles. The minimum atomic E-state index is -0.798. The quantitative estimate of drug-likeness (QED) is 0.486. The first-order chi connectivity index (χ1) is 14.9. The fraction of sp³-hybridized carbons (Fsp3) is 0.143. The SMILES string of the molecule is Cn1cc(C(=O)NCCc2nc(-c3ccc(Cl)cc3)no2)c(-c2ccc(F)cc2F)n1. The minimum Gasteiger partial charge on any atom is -0.351 e. The molecule has 0 aliphatic rings. The van der Waals surface area contributed by atoms with E-state index in [1.807, 2.05) is 0 Å². The summed E-state index contributed by atoms with van der Waals surface area (Å²) in [5.41, 5.74) is 1.09. The lowest BCUT2D eigenvalue weighted by Gasteiger charge is -2.05. The monoisotopic (exact) mass is 443 g/mol. The molecule has 7 nitrogen and oxygen atoms in total. The van der Waals surface area contributed by atoms with Crippen LogP contribution < -0.4 is 5.32 Å². The van der Waals surface area contributed by atoms with Crippen molar-refractivity contribution in [3.63, 3.8) is 0 Å². The first kappa shape index (κ1) is 20.7. The van der Waals surface area contributed by atoms with Gasteiger partial charge in [0.15, 0.2) is 0 Å². The Morgan fingerprint density at radius 2 is 1.97 bits per heavy atom. The van der Waals surface area contributed by atoms with Crippen molar-refractivity contribution in [2.75, 3.05) is 6.54 Å². The lowest BCUT2D eigenvalue weighted by atomic mass is 10.1. The Kier molecular flexibility index (Phi) is 5.77. The number of hydrogen-bond donors (Lipinski definition) is 1. The van der Waals surface area contributed by atoms with Gasteiger partial charge in [0.2, 0.25) is 11.7 Å². The second-order valence-corrected chi connectivity index (χ2v) is 7.15. The fourth-order valence-electron chi connectivity index (χ4n) is 2.99. The van der Waals surface area contributed by atoms with Crippen LogP contribution in [0, 0.1) is 11.6 Å². The van der Waals surface area contributed by atoms with E-state index in [0.717, 1.165) is 17.7 Å². The van der Waals surface area contributed by atoms with Crippen molar-refractivity contribution in [3.8, 4) is 22.6 Å². The summed E-state index contributed by atoms with van der Waals surface area (Å²) in [4.78, 5) is 16.9. The highest BCUT2D eigenvalue weighted by Gasteiger charge is 2.20. The molecule has 0 fully saturated rings. The van der Waals surface area contributed by atoms with Crippen molar-refractivity contribution in [1.29, 1.82) is 0 Å². The molecule has 31 heavy (non-hydrogen) atoms. The van der Waals surface area contributed by atoms with Crippen LogP contribution in [0.1, 0.15) is 16.2 Å². The average molecular weight is 444 g/mol. The number of amides is 1. The van der Waals surface area contributed by atoms with Crippen LogP contribution in [0.4, 0.5) is 8.78 Å². The smallest absolute Gasteiger partial charge is 0.255 e. The van der Waals surface area contributed by atoms with E-state index in [2.05, 4.69) is 20.6 Å². The number of rotatable bonds is 6. The van der Waals surface area contributed by atoms with E-state index in [4.69, 9.17) is 16.1 Å². The van der Waals surface area contributed by atoms with Crippen LogP contribution in [-0.2, 0) is 13.5 Å². The van der Waals surface area contributed by atoms with E-state index in [1.54, 1.807) is 31.3 Å². The lowest BCUT2D eigenvalue weighted by molar-refractivity contribution is 0.0954. The van der Waals surface area contributed by atoms with E-state index in [9.17, 15) is 13.6 Å². The molecule has 0 aliphatic carbocycles. The summed E-state index contributed by atoms with van der Waals surface area (Å²) in [6, 6.07) is 10.1. The zero-order valence-corrected chi connectivity index (χ0v) is 17.0. The standard InChI is InChI=1S/C21H16ClF2N5O2/c1-29-11-16(19(27-29)15-7-6-14(23)10-17(15)24)21(30)25-9-8-18-26-20(28-31-18)12-2-4-13(22)5-3-12/h2-7,10-11H,8-9H2,1H3,(H,25,30). The summed E-state index contributed by atoms with van der Waals surface area (Å²) >= 11 is 5.87. The molecule has 0 bridgehead atoms. The Balaban J connectivity index is 1.43. The first-order valence-corrected chi connectivity index (χ1v) is 9.64. The minimum absolute atomic E-state index is 0.0386. The van der Waals surface area contributed by atoms with Gasteiger partial charge in [-0.3, -0.25) is 9.48 Å². The molecule has 0 radical (unpaired) electrons. The molecular weight excluding hydrogens is 428 g/mol. The number of halogens is 3. The number of benzene rings is 2. The highest BCUT2D eigenvalue weighted by Crippen LogP contribution is 2.25. The molecule has 4 aromatic rings. The van der Waals surface area contributed by atoms with Gasteiger partial charge >= 0.3 is 0 Å². The molecule has 0 saturated heterocycles. The van der Waals surface area contributed by atoms with Crippen LogP contribution in [0.25, 0.3) is 22.6 Å². The Morgan fingerprint density at radius 1 is 1.19 bits per heavy atom. The molecule has 0 spiro atoms. The van der Waals surface area contributed by atoms with Crippen molar-refractivity contribution in [3.05, 3.63) is 76.8 Å². The van der Waals surface area contributed by atoms with Gasteiger partial charge in [0.05, 0.1) is 5.56 Å². The summed E-state index contributed by atoms with van der Waals surface area (Å²) in [7, 11) is 1.61. The normalized spacial score (nSPS) is 11.0. The van der Waals surface area contributed by atoms with Gasteiger partial charge in [0, 0.05) is 48.4 Å². The van der Waals surface area contributed by atoms with E-state index < -0.39 is 17.5 Å². The molecule has 158 valence electrons. The number of aryl methyl sites for hydroxylation is 1. The summed E-state index contributed by atoms with van der Waals surface area (Å²) in [5, 5.41) is 11.4. The summed E-state index contributed by atoms with van der Waals surface area (Å²) in [6.07, 6.45) is 1.77. The van der Waals surface area contributed by atoms with Crippen molar-refractivity contribution in [2.45, 2.75) is 6.42 Å². The molecule has 0 atom stereocenters. The lowest BCUT2D eigenvalue weighted by Crippen LogP contribution is -2.26. The van der Waals surface area contributed by atoms with Gasteiger partial charge in [-0.05, 0) is 36.4 Å². The average Bonchev–Trinajstić information content (AvgIpc) is 3.35. The van der Waals surface area contributed by atoms with E-state index >= 15 is 0 Å². The van der Waals surface area contributed by atoms with Crippen LogP contribution >= 0.6 is 11.6 Å². The number of carbonyl (C=O) groups excluding carboxylic acids is 1. The molecule has 1 N–H and O–H groups in total. The summed E-state index contributed by atoms with van der Waals surface area (Å²) in [6.45, 7) is 0.210. The number of aromatic nitrogens is 4. The van der Waals surface area contributed by atoms with E-state index in [1.165, 1.54) is 16.9 Å². The first-order valence-electron chi connectivity index (χ1n) is 9.26. The van der Waals surface area contributed by atoms with Gasteiger partial charge in [-0.15, -0.1) is 0 Å². The molecule has 0 saturated carbocycles. The maximum Gasteiger partial charge on any atom is 0.255 e. The van der Waals surface area contributed by atoms with Gasteiger partial charge in [0.1, 0.15) is 17.3 Å². The maximum atomic E-state index is 14.2. The zero-order valence-electron chi connectivity index (χ0n) is 16.3. The maximum absolute atomic E-state index is 14.2. The van der Waals surface area contributed by atoms with Crippen molar-refractivity contribution < 1.29 is 18.1 Å². The van der Waals surface area contributed by atoms with Crippen molar-refractivity contribution in [1.82, 2.24) is 25.2 Å². The molecule has 2 aromatic carbocycles. The number of hydrogen-bond acceptors (Lipinski definition) is 5. The summed E-state index contributed by atoms with van der Waals surface area (Å²) < 4.78 is 34.0. The van der Waals surface area contributed by atoms with Crippen LogP contribution in [-0.4, -0.2) is 32.4 Å². The zero-order chi connectivity index (χ0) is 22.0. The van der Waals surface area contributed by atoms with Gasteiger partial charge in [0.25, 0.3) is 5.91 Å². The number of carbonyl (C=O) groups is 1. The Bertz CT molecular complexity index is 1240. The van der Waals surface area contributed by atoms with Crippen LogP contribution in [0.3, 0.4) is 0 Å². The molecule has 1 amide bonds. The topological polar surface area (TPSA) is 85.8 Å². The van der Waals surface area contributed by atoms with Gasteiger partial charge < -0.3 is 9.84 Å². The van der Waals surface area contributed by atoms with Crippen LogP contribution in [0.15, 0.2) is 53.2 Å². The largest absolute Gasteiger partial charge is 0.351 e. The predicted molar refractivity (Wildman–Crippen MR) is 109 cm³/mol. The second-order valence-electron chi connectivity index (χ2n) is 6.71. The third-order valence-corrected chi connectivity index (χ3v) is 4.71. The molecule has 10 heteroatoms. The molecular formula is C21H16ClF2N5O2. The van der Waals surface area contributed by atoms with E-state index in [-0.39, 0.29) is 23.4 Å². The molecule has 2 aromatic heterocycles. The Hall–Kier alpha value is -3.59. The Morgan fingerprint density at radius 3 is 2.71 bits per heavy atom. The molecule has 0 unspecified atom stereocenters. The van der Waals surface area contributed by atoms with Gasteiger partial charge in [-0.2, -0.15) is 10.1 Å². The van der Waals surface area contributed by atoms with E-state index in [0.29, 0.717) is 23.2 Å². The van der Waals surface area contributed by atoms with Gasteiger partial charge in [-0.25, -0.2) is 8.78 Å². The van der Waals surface area contributed by atoms with Crippen molar-refractivity contribution in [2.24, 2.45) is 7.05 Å². The highest BCUT2D eigenvalue weighted by atomic mass is 35.5. The number of nitrogens with zero attached hydrogens (tertiary/aromatic N) is 4. The third-order valence-electron chi connectivity index (χ3n) is 4.45. The van der Waals surface area contributed by atoms with Gasteiger partial charge in [-0.1, -0.05) is 16.8 Å². The number of nitrogens with one attached hydrogen (secondary N) is 1. The predicted octanol–water partition coefficient (Wildman–Crippen LogP) is 4.04. The van der Waals surface area contributed by atoms with Crippen LogP contribution in [0.5, 0.6) is 0 Å².